The number of benzene rings is 1. The van der Waals surface area contributed by atoms with Gasteiger partial charge in [0.15, 0.2) is 5.82 Å². The third kappa shape index (κ3) is 3.00. The molecule has 0 amide bonds. The topological polar surface area (TPSA) is 66.5 Å². The van der Waals surface area contributed by atoms with E-state index >= 15 is 0 Å². The highest BCUT2D eigenvalue weighted by molar-refractivity contribution is 5.64. The van der Waals surface area contributed by atoms with Crippen LogP contribution in [0.3, 0.4) is 0 Å². The Morgan fingerprint density at radius 1 is 1.00 bits per heavy atom. The van der Waals surface area contributed by atoms with Gasteiger partial charge in [0.05, 0.1) is 5.69 Å². The Kier molecular flexibility index (Phi) is 3.86. The van der Waals surface area contributed by atoms with Crippen molar-refractivity contribution in [3.8, 4) is 22.6 Å². The fourth-order valence-corrected chi connectivity index (χ4v) is 2.99. The van der Waals surface area contributed by atoms with Gasteiger partial charge in [0, 0.05) is 29.8 Å². The van der Waals surface area contributed by atoms with Crippen molar-refractivity contribution in [3.63, 3.8) is 0 Å². The van der Waals surface area contributed by atoms with Crippen molar-refractivity contribution in [1.29, 1.82) is 0 Å². The maximum Gasteiger partial charge on any atom is 0.181 e. The molecule has 3 aromatic rings. The van der Waals surface area contributed by atoms with E-state index in [-0.39, 0.29) is 0 Å². The highest BCUT2D eigenvalue weighted by Crippen LogP contribution is 2.24. The minimum Gasteiger partial charge on any atom is -0.316 e. The van der Waals surface area contributed by atoms with E-state index in [0.717, 1.165) is 41.6 Å². The molecule has 4 rings (SSSR count). The first kappa shape index (κ1) is 14.1. The van der Waals surface area contributed by atoms with E-state index in [4.69, 9.17) is 0 Å². The van der Waals surface area contributed by atoms with Crippen LogP contribution >= 0.6 is 0 Å². The Hall–Kier alpha value is -2.53. The van der Waals surface area contributed by atoms with Crippen LogP contribution in [0.4, 0.5) is 0 Å². The minimum absolute atomic E-state index is 0.442. The van der Waals surface area contributed by atoms with Gasteiger partial charge in [-0.05, 0) is 31.5 Å². The van der Waals surface area contributed by atoms with E-state index in [9.17, 15) is 0 Å². The minimum atomic E-state index is 0.442. The summed E-state index contributed by atoms with van der Waals surface area (Å²) in [6.45, 7) is 2.08. The van der Waals surface area contributed by atoms with Gasteiger partial charge in [-0.2, -0.15) is 5.10 Å². The fraction of sp³-hybridized carbons (Fsp3) is 0.278. The molecule has 1 aromatic carbocycles. The van der Waals surface area contributed by atoms with Crippen molar-refractivity contribution in [3.05, 3.63) is 54.5 Å². The van der Waals surface area contributed by atoms with Crippen LogP contribution < -0.4 is 5.32 Å². The second-order valence-electron chi connectivity index (χ2n) is 5.88. The van der Waals surface area contributed by atoms with Crippen molar-refractivity contribution in [1.82, 2.24) is 25.5 Å². The van der Waals surface area contributed by atoms with Crippen molar-refractivity contribution in [2.24, 2.45) is 0 Å². The zero-order chi connectivity index (χ0) is 15.5. The van der Waals surface area contributed by atoms with Gasteiger partial charge in [0.1, 0.15) is 5.82 Å². The molecule has 1 saturated heterocycles. The van der Waals surface area contributed by atoms with Gasteiger partial charge in [-0.3, -0.25) is 10.1 Å². The highest BCUT2D eigenvalue weighted by atomic mass is 15.2. The number of aromatic nitrogens is 4. The molecule has 3 heterocycles. The summed E-state index contributed by atoms with van der Waals surface area (Å²) >= 11 is 0. The van der Waals surface area contributed by atoms with Crippen LogP contribution in [0.1, 0.15) is 24.6 Å². The molecular weight excluding hydrogens is 286 g/mol. The van der Waals surface area contributed by atoms with Crippen LogP contribution in [0.25, 0.3) is 22.6 Å². The Morgan fingerprint density at radius 2 is 1.87 bits per heavy atom. The molecule has 1 unspecified atom stereocenters. The summed E-state index contributed by atoms with van der Waals surface area (Å²) in [5.41, 5.74) is 3.10. The molecule has 1 atom stereocenters. The normalized spacial score (nSPS) is 18.0. The average molecular weight is 305 g/mol. The van der Waals surface area contributed by atoms with Crippen molar-refractivity contribution < 1.29 is 0 Å². The summed E-state index contributed by atoms with van der Waals surface area (Å²) in [4.78, 5) is 9.06. The maximum atomic E-state index is 4.68. The molecule has 116 valence electrons. The van der Waals surface area contributed by atoms with Gasteiger partial charge in [0.25, 0.3) is 0 Å². The summed E-state index contributed by atoms with van der Waals surface area (Å²) < 4.78 is 0. The van der Waals surface area contributed by atoms with E-state index in [2.05, 4.69) is 49.7 Å². The lowest BCUT2D eigenvalue weighted by Crippen LogP contribution is -2.28. The van der Waals surface area contributed by atoms with Crippen molar-refractivity contribution >= 4 is 0 Å². The van der Waals surface area contributed by atoms with E-state index in [1.54, 1.807) is 0 Å². The standard InChI is InChI=1S/C18H19N5/c1-2-11-20-16(5-1)13-6-8-14(9-7-13)17-21-18(23-22-17)15-4-3-10-19-12-15/h1-2,5-9,11,15,19H,3-4,10,12H2,(H,21,22,23). The van der Waals surface area contributed by atoms with Crippen LogP contribution in [0.15, 0.2) is 48.7 Å². The SMILES string of the molecule is c1ccc(-c2ccc(-c3n[nH]c(C4CCCNC4)n3)cc2)nc1. The third-order valence-electron chi connectivity index (χ3n) is 4.29. The highest BCUT2D eigenvalue weighted by Gasteiger charge is 2.19. The molecule has 1 aliphatic rings. The van der Waals surface area contributed by atoms with Crippen molar-refractivity contribution in [2.45, 2.75) is 18.8 Å². The predicted molar refractivity (Wildman–Crippen MR) is 89.9 cm³/mol. The second-order valence-corrected chi connectivity index (χ2v) is 5.88. The summed E-state index contributed by atoms with van der Waals surface area (Å²) in [6.07, 6.45) is 4.17. The van der Waals surface area contributed by atoms with Crippen LogP contribution in [-0.2, 0) is 0 Å². The Labute approximate surface area is 135 Å². The van der Waals surface area contributed by atoms with Gasteiger partial charge in [-0.1, -0.05) is 30.3 Å². The quantitative estimate of drug-likeness (QED) is 0.780. The molecule has 2 aromatic heterocycles. The van der Waals surface area contributed by atoms with Gasteiger partial charge in [-0.25, -0.2) is 4.98 Å². The smallest absolute Gasteiger partial charge is 0.181 e. The molecular formula is C18H19N5. The number of H-pyrrole nitrogens is 1. The summed E-state index contributed by atoms with van der Waals surface area (Å²) in [5, 5.41) is 10.9. The number of piperidine rings is 1. The second kappa shape index (κ2) is 6.30. The number of hydrogen-bond acceptors (Lipinski definition) is 4. The number of nitrogens with one attached hydrogen (secondary N) is 2. The van der Waals surface area contributed by atoms with E-state index in [1.165, 1.54) is 12.8 Å². The summed E-state index contributed by atoms with van der Waals surface area (Å²) in [6, 6.07) is 14.2. The van der Waals surface area contributed by atoms with Crippen LogP contribution in [-0.4, -0.2) is 33.3 Å². The molecule has 0 saturated carbocycles. The Morgan fingerprint density at radius 3 is 2.61 bits per heavy atom. The van der Waals surface area contributed by atoms with Gasteiger partial charge in [-0.15, -0.1) is 0 Å². The summed E-state index contributed by atoms with van der Waals surface area (Å²) in [7, 11) is 0. The molecule has 5 nitrogen and oxygen atoms in total. The first-order valence-electron chi connectivity index (χ1n) is 8.05. The van der Waals surface area contributed by atoms with E-state index in [0.29, 0.717) is 5.92 Å². The number of rotatable bonds is 3. The van der Waals surface area contributed by atoms with Crippen LogP contribution in [0.2, 0.25) is 0 Å². The predicted octanol–water partition coefficient (Wildman–Crippen LogP) is 3.00. The molecule has 5 heteroatoms. The number of pyridine rings is 1. The van der Waals surface area contributed by atoms with Crippen LogP contribution in [0, 0.1) is 0 Å². The lowest BCUT2D eigenvalue weighted by atomic mass is 9.99. The molecule has 0 spiro atoms. The monoisotopic (exact) mass is 305 g/mol. The maximum absolute atomic E-state index is 4.68. The zero-order valence-corrected chi connectivity index (χ0v) is 12.9. The van der Waals surface area contributed by atoms with Crippen LogP contribution in [0.5, 0.6) is 0 Å². The van der Waals surface area contributed by atoms with Gasteiger partial charge < -0.3 is 5.32 Å². The molecule has 2 N–H and O–H groups in total. The molecule has 1 aliphatic heterocycles. The van der Waals surface area contributed by atoms with E-state index in [1.807, 2.05) is 24.4 Å². The van der Waals surface area contributed by atoms with E-state index < -0.39 is 0 Å². The first-order chi connectivity index (χ1) is 11.4. The molecule has 23 heavy (non-hydrogen) atoms. The summed E-state index contributed by atoms with van der Waals surface area (Å²) in [5.74, 6) is 2.19. The average Bonchev–Trinajstić information content (AvgIpc) is 3.14. The number of hydrogen-bond donors (Lipinski definition) is 2. The largest absolute Gasteiger partial charge is 0.316 e. The molecule has 0 radical (unpaired) electrons. The lowest BCUT2D eigenvalue weighted by molar-refractivity contribution is 0.447. The third-order valence-corrected chi connectivity index (χ3v) is 4.29. The fourth-order valence-electron chi connectivity index (χ4n) is 2.99. The van der Waals surface area contributed by atoms with Crippen molar-refractivity contribution in [2.75, 3.05) is 13.1 Å². The number of aromatic amines is 1. The first-order valence-corrected chi connectivity index (χ1v) is 8.05. The van der Waals surface area contributed by atoms with Gasteiger partial charge >= 0.3 is 0 Å². The Bertz CT molecular complexity index is 758. The zero-order valence-electron chi connectivity index (χ0n) is 12.9. The molecule has 0 aliphatic carbocycles. The number of nitrogens with zero attached hydrogens (tertiary/aromatic N) is 3. The molecule has 0 bridgehead atoms. The lowest BCUT2D eigenvalue weighted by Gasteiger charge is -2.20. The molecule has 1 fully saturated rings. The Balaban J connectivity index is 1.55. The van der Waals surface area contributed by atoms with Gasteiger partial charge in [0.2, 0.25) is 0 Å².